The van der Waals surface area contributed by atoms with Crippen molar-refractivity contribution in [2.45, 2.75) is 0 Å². The summed E-state index contributed by atoms with van der Waals surface area (Å²) in [5, 5.41) is 2.73. The highest BCUT2D eigenvalue weighted by Gasteiger charge is 2.17. The number of rotatable bonds is 4. The van der Waals surface area contributed by atoms with Crippen molar-refractivity contribution in [2.24, 2.45) is 0 Å². The highest BCUT2D eigenvalue weighted by atomic mass is 35.5. The molecule has 2 aromatic rings. The van der Waals surface area contributed by atoms with E-state index in [-0.39, 0.29) is 22.0 Å². The average molecular weight is 310 g/mol. The fraction of sp³-hybridized carbons (Fsp3) is 0.133. The molecular weight excluding hydrogens is 297 g/mol. The third-order valence-electron chi connectivity index (χ3n) is 2.83. The zero-order valence-corrected chi connectivity index (χ0v) is 12.2. The molecule has 0 aliphatic carbocycles. The van der Waals surface area contributed by atoms with E-state index in [0.717, 1.165) is 6.07 Å². The standard InChI is InChI=1S/C15H13ClFNO3/c1-20-13-5-3-4-10(14(13)21-2)15(19)18-12-7-6-9(16)8-11(12)17/h3-8H,1-2H3,(H,18,19). The Morgan fingerprint density at radius 3 is 2.57 bits per heavy atom. The maximum Gasteiger partial charge on any atom is 0.259 e. The van der Waals surface area contributed by atoms with Gasteiger partial charge in [0.1, 0.15) is 5.82 Å². The summed E-state index contributed by atoms with van der Waals surface area (Å²) in [6.07, 6.45) is 0. The molecular formula is C15H13ClFNO3. The van der Waals surface area contributed by atoms with E-state index in [1.165, 1.54) is 26.4 Å². The molecule has 0 aliphatic heterocycles. The van der Waals surface area contributed by atoms with Crippen molar-refractivity contribution >= 4 is 23.2 Å². The van der Waals surface area contributed by atoms with Crippen LogP contribution in [-0.2, 0) is 0 Å². The van der Waals surface area contributed by atoms with Gasteiger partial charge in [0.15, 0.2) is 11.5 Å². The third-order valence-corrected chi connectivity index (χ3v) is 3.06. The van der Waals surface area contributed by atoms with Gasteiger partial charge in [-0.3, -0.25) is 4.79 Å². The Morgan fingerprint density at radius 2 is 1.95 bits per heavy atom. The molecule has 4 nitrogen and oxygen atoms in total. The number of carbonyl (C=O) groups excluding carboxylic acids is 1. The first-order valence-corrected chi connectivity index (χ1v) is 6.42. The summed E-state index contributed by atoms with van der Waals surface area (Å²) in [4.78, 5) is 12.3. The minimum atomic E-state index is -0.613. The van der Waals surface area contributed by atoms with Crippen LogP contribution in [0.2, 0.25) is 5.02 Å². The zero-order valence-electron chi connectivity index (χ0n) is 11.4. The summed E-state index contributed by atoms with van der Waals surface area (Å²) >= 11 is 5.67. The summed E-state index contributed by atoms with van der Waals surface area (Å²) in [5.41, 5.74) is 0.278. The molecule has 1 N–H and O–H groups in total. The van der Waals surface area contributed by atoms with E-state index in [9.17, 15) is 9.18 Å². The van der Waals surface area contributed by atoms with Crippen LogP contribution in [-0.4, -0.2) is 20.1 Å². The first-order chi connectivity index (χ1) is 10.1. The first-order valence-electron chi connectivity index (χ1n) is 6.04. The van der Waals surface area contributed by atoms with Crippen molar-refractivity contribution in [2.75, 3.05) is 19.5 Å². The van der Waals surface area contributed by atoms with Gasteiger partial charge in [-0.25, -0.2) is 4.39 Å². The molecule has 1 amide bonds. The molecule has 0 heterocycles. The minimum absolute atomic E-state index is 0.0364. The smallest absolute Gasteiger partial charge is 0.259 e. The molecule has 6 heteroatoms. The van der Waals surface area contributed by atoms with Crippen LogP contribution in [0.1, 0.15) is 10.4 Å². The van der Waals surface area contributed by atoms with E-state index in [0.29, 0.717) is 5.75 Å². The van der Waals surface area contributed by atoms with E-state index < -0.39 is 11.7 Å². The van der Waals surface area contributed by atoms with Gasteiger partial charge in [0, 0.05) is 5.02 Å². The van der Waals surface area contributed by atoms with Crippen molar-refractivity contribution in [1.29, 1.82) is 0 Å². The van der Waals surface area contributed by atoms with Gasteiger partial charge < -0.3 is 14.8 Å². The molecule has 0 saturated heterocycles. The van der Waals surface area contributed by atoms with E-state index in [1.807, 2.05) is 0 Å². The van der Waals surface area contributed by atoms with Crippen LogP contribution < -0.4 is 14.8 Å². The molecule has 0 atom stereocenters. The fourth-order valence-electron chi connectivity index (χ4n) is 1.85. The third kappa shape index (κ3) is 3.25. The highest BCUT2D eigenvalue weighted by molar-refractivity contribution is 6.30. The molecule has 0 saturated carbocycles. The van der Waals surface area contributed by atoms with Crippen LogP contribution in [0.15, 0.2) is 36.4 Å². The monoisotopic (exact) mass is 309 g/mol. The summed E-state index contributed by atoms with van der Waals surface area (Å²) in [7, 11) is 2.90. The van der Waals surface area contributed by atoms with Crippen LogP contribution in [0, 0.1) is 5.82 Å². The van der Waals surface area contributed by atoms with Gasteiger partial charge in [0.05, 0.1) is 25.5 Å². The first kappa shape index (κ1) is 15.1. The molecule has 2 aromatic carbocycles. The van der Waals surface area contributed by atoms with E-state index >= 15 is 0 Å². The Morgan fingerprint density at radius 1 is 1.19 bits per heavy atom. The number of halogens is 2. The molecule has 0 spiro atoms. The van der Waals surface area contributed by atoms with Gasteiger partial charge >= 0.3 is 0 Å². The second kappa shape index (κ2) is 6.45. The second-order valence-corrected chi connectivity index (χ2v) is 4.56. The van der Waals surface area contributed by atoms with Crippen LogP contribution in [0.3, 0.4) is 0 Å². The molecule has 0 bridgehead atoms. The van der Waals surface area contributed by atoms with Crippen molar-refractivity contribution in [1.82, 2.24) is 0 Å². The lowest BCUT2D eigenvalue weighted by Gasteiger charge is -2.13. The number of amides is 1. The SMILES string of the molecule is COc1cccc(C(=O)Nc2ccc(Cl)cc2F)c1OC. The van der Waals surface area contributed by atoms with Gasteiger partial charge in [-0.05, 0) is 30.3 Å². The normalized spacial score (nSPS) is 10.1. The number of para-hydroxylation sites is 1. The molecule has 21 heavy (non-hydrogen) atoms. The molecule has 0 aliphatic rings. The number of anilines is 1. The number of hydrogen-bond donors (Lipinski definition) is 1. The van der Waals surface area contributed by atoms with Crippen LogP contribution in [0.25, 0.3) is 0 Å². The van der Waals surface area contributed by atoms with Crippen molar-refractivity contribution in [3.05, 3.63) is 52.8 Å². The number of benzene rings is 2. The van der Waals surface area contributed by atoms with Crippen molar-refractivity contribution < 1.29 is 18.7 Å². The van der Waals surface area contributed by atoms with Crippen molar-refractivity contribution in [3.63, 3.8) is 0 Å². The van der Waals surface area contributed by atoms with Gasteiger partial charge in [-0.2, -0.15) is 0 Å². The Kier molecular flexibility index (Phi) is 4.65. The molecule has 2 rings (SSSR count). The molecule has 0 aromatic heterocycles. The van der Waals surface area contributed by atoms with Gasteiger partial charge in [0.2, 0.25) is 0 Å². The number of methoxy groups -OCH3 is 2. The lowest BCUT2D eigenvalue weighted by molar-refractivity contribution is 0.102. The maximum absolute atomic E-state index is 13.7. The maximum atomic E-state index is 13.7. The Labute approximate surface area is 126 Å². The second-order valence-electron chi connectivity index (χ2n) is 4.12. The predicted octanol–water partition coefficient (Wildman–Crippen LogP) is 3.75. The van der Waals surface area contributed by atoms with Gasteiger partial charge in [-0.15, -0.1) is 0 Å². The van der Waals surface area contributed by atoms with Crippen molar-refractivity contribution in [3.8, 4) is 11.5 Å². The van der Waals surface area contributed by atoms with E-state index in [1.54, 1.807) is 18.2 Å². The quantitative estimate of drug-likeness (QED) is 0.935. The highest BCUT2D eigenvalue weighted by Crippen LogP contribution is 2.31. The van der Waals surface area contributed by atoms with Crippen LogP contribution in [0.5, 0.6) is 11.5 Å². The molecule has 0 fully saturated rings. The summed E-state index contributed by atoms with van der Waals surface area (Å²) in [5.74, 6) is -0.418. The number of hydrogen-bond acceptors (Lipinski definition) is 3. The lowest BCUT2D eigenvalue weighted by atomic mass is 10.1. The number of nitrogens with one attached hydrogen (secondary N) is 1. The molecule has 0 unspecified atom stereocenters. The Bertz CT molecular complexity index is 676. The Balaban J connectivity index is 2.32. The average Bonchev–Trinajstić information content (AvgIpc) is 2.49. The molecule has 0 radical (unpaired) electrons. The summed E-state index contributed by atoms with van der Waals surface area (Å²) in [6, 6.07) is 8.88. The van der Waals surface area contributed by atoms with Crippen LogP contribution >= 0.6 is 11.6 Å². The van der Waals surface area contributed by atoms with E-state index in [2.05, 4.69) is 5.32 Å². The zero-order chi connectivity index (χ0) is 15.4. The van der Waals surface area contributed by atoms with E-state index in [4.69, 9.17) is 21.1 Å². The predicted molar refractivity (Wildman–Crippen MR) is 78.9 cm³/mol. The van der Waals surface area contributed by atoms with Gasteiger partial charge in [-0.1, -0.05) is 17.7 Å². The topological polar surface area (TPSA) is 47.6 Å². The number of ether oxygens (including phenoxy) is 2. The lowest BCUT2D eigenvalue weighted by Crippen LogP contribution is -2.14. The van der Waals surface area contributed by atoms with Crippen LogP contribution in [0.4, 0.5) is 10.1 Å². The summed E-state index contributed by atoms with van der Waals surface area (Å²) in [6.45, 7) is 0. The summed E-state index contributed by atoms with van der Waals surface area (Å²) < 4.78 is 24.0. The minimum Gasteiger partial charge on any atom is -0.493 e. The number of carbonyl (C=O) groups is 1. The Hall–Kier alpha value is -2.27. The fourth-order valence-corrected chi connectivity index (χ4v) is 2.01. The largest absolute Gasteiger partial charge is 0.493 e. The molecule has 110 valence electrons. The van der Waals surface area contributed by atoms with Gasteiger partial charge in [0.25, 0.3) is 5.91 Å².